The zero-order valence-electron chi connectivity index (χ0n) is 13.7. The molecule has 2 aromatic rings. The molecule has 2 atom stereocenters. The number of nitrogens with zero attached hydrogens (tertiary/aromatic N) is 1. The average molecular weight is 306 g/mol. The highest BCUT2D eigenvalue weighted by atomic mass is 15.2. The Bertz CT molecular complexity index is 612. The fraction of sp³-hybridized carbons (Fsp3) is 0.429. The van der Waals surface area contributed by atoms with E-state index in [1.54, 1.807) is 0 Å². The van der Waals surface area contributed by atoms with Crippen LogP contribution in [-0.2, 0) is 19.6 Å². The molecule has 4 rings (SSSR count). The van der Waals surface area contributed by atoms with E-state index in [-0.39, 0.29) is 0 Å². The van der Waals surface area contributed by atoms with Crippen molar-refractivity contribution in [2.75, 3.05) is 0 Å². The summed E-state index contributed by atoms with van der Waals surface area (Å²) in [6.07, 6.45) is 5.38. The molecule has 2 aromatic carbocycles. The van der Waals surface area contributed by atoms with Gasteiger partial charge in [-0.15, -0.1) is 0 Å². The summed E-state index contributed by atoms with van der Waals surface area (Å²) in [4.78, 5) is 2.70. The molecule has 0 amide bonds. The van der Waals surface area contributed by atoms with Gasteiger partial charge in [-0.25, -0.2) is 0 Å². The second-order valence-corrected chi connectivity index (χ2v) is 7.00. The van der Waals surface area contributed by atoms with Crippen LogP contribution in [0.25, 0.3) is 0 Å². The van der Waals surface area contributed by atoms with Gasteiger partial charge in [0.15, 0.2) is 0 Å². The van der Waals surface area contributed by atoms with Crippen LogP contribution in [0.15, 0.2) is 54.6 Å². The first-order valence-corrected chi connectivity index (χ1v) is 8.98. The second-order valence-electron chi connectivity index (χ2n) is 7.00. The Balaban J connectivity index is 1.42. The van der Waals surface area contributed by atoms with Crippen LogP contribution in [-0.4, -0.2) is 17.0 Å². The first-order valence-electron chi connectivity index (χ1n) is 8.98. The highest BCUT2D eigenvalue weighted by Crippen LogP contribution is 2.31. The molecular formula is C21H26N2. The molecule has 1 aliphatic carbocycles. The quantitative estimate of drug-likeness (QED) is 0.915. The maximum Gasteiger partial charge on any atom is 0.0256 e. The molecule has 23 heavy (non-hydrogen) atoms. The van der Waals surface area contributed by atoms with Crippen molar-refractivity contribution < 1.29 is 0 Å². The zero-order valence-corrected chi connectivity index (χ0v) is 13.7. The molecule has 0 saturated heterocycles. The topological polar surface area (TPSA) is 15.3 Å². The van der Waals surface area contributed by atoms with Gasteiger partial charge in [-0.2, -0.15) is 0 Å². The van der Waals surface area contributed by atoms with Gasteiger partial charge in [0.25, 0.3) is 0 Å². The van der Waals surface area contributed by atoms with Gasteiger partial charge in [0.05, 0.1) is 0 Å². The third-order valence-electron chi connectivity index (χ3n) is 5.47. The lowest BCUT2D eigenvalue weighted by molar-refractivity contribution is 0.119. The Kier molecular flexibility index (Phi) is 4.45. The molecule has 1 saturated carbocycles. The Morgan fingerprint density at radius 2 is 1.48 bits per heavy atom. The van der Waals surface area contributed by atoms with Crippen LogP contribution in [0.1, 0.15) is 42.4 Å². The lowest BCUT2D eigenvalue weighted by Crippen LogP contribution is -2.49. The van der Waals surface area contributed by atoms with E-state index in [4.69, 9.17) is 0 Å². The minimum Gasteiger partial charge on any atom is -0.308 e. The summed E-state index contributed by atoms with van der Waals surface area (Å²) in [5.41, 5.74) is 4.45. The zero-order chi connectivity index (χ0) is 15.5. The van der Waals surface area contributed by atoms with E-state index in [0.29, 0.717) is 12.1 Å². The highest BCUT2D eigenvalue weighted by molar-refractivity contribution is 5.30. The minimum atomic E-state index is 0.623. The van der Waals surface area contributed by atoms with Gasteiger partial charge >= 0.3 is 0 Å². The van der Waals surface area contributed by atoms with Crippen molar-refractivity contribution in [2.45, 2.75) is 57.4 Å². The smallest absolute Gasteiger partial charge is 0.0256 e. The van der Waals surface area contributed by atoms with Gasteiger partial charge in [0.1, 0.15) is 0 Å². The molecule has 0 unspecified atom stereocenters. The molecule has 2 aliphatic rings. The Morgan fingerprint density at radius 3 is 2.22 bits per heavy atom. The van der Waals surface area contributed by atoms with E-state index in [9.17, 15) is 0 Å². The Labute approximate surface area is 139 Å². The third-order valence-corrected chi connectivity index (χ3v) is 5.47. The van der Waals surface area contributed by atoms with Crippen molar-refractivity contribution in [2.24, 2.45) is 0 Å². The van der Waals surface area contributed by atoms with Crippen LogP contribution < -0.4 is 5.32 Å². The van der Waals surface area contributed by atoms with Crippen LogP contribution in [0, 0.1) is 0 Å². The lowest BCUT2D eigenvalue weighted by atomic mass is 9.89. The molecule has 2 nitrogen and oxygen atoms in total. The number of hydrogen-bond donors (Lipinski definition) is 1. The summed E-state index contributed by atoms with van der Waals surface area (Å²) < 4.78 is 0. The van der Waals surface area contributed by atoms with Gasteiger partial charge in [0, 0.05) is 31.7 Å². The molecule has 120 valence electrons. The normalized spacial score (nSPS) is 24.5. The van der Waals surface area contributed by atoms with Crippen molar-refractivity contribution in [3.05, 3.63) is 71.3 Å². The SMILES string of the molecule is c1ccc(CN[C@@H]2CCCC[C@H]2N2Cc3ccccc3C2)cc1. The predicted molar refractivity (Wildman–Crippen MR) is 95.0 cm³/mol. The summed E-state index contributed by atoms with van der Waals surface area (Å²) >= 11 is 0. The summed E-state index contributed by atoms with van der Waals surface area (Å²) in [7, 11) is 0. The van der Waals surface area contributed by atoms with Crippen molar-refractivity contribution in [1.82, 2.24) is 10.2 Å². The van der Waals surface area contributed by atoms with Crippen molar-refractivity contribution >= 4 is 0 Å². The number of hydrogen-bond acceptors (Lipinski definition) is 2. The number of fused-ring (bicyclic) bond motifs is 1. The highest BCUT2D eigenvalue weighted by Gasteiger charge is 2.32. The first-order chi connectivity index (χ1) is 11.4. The monoisotopic (exact) mass is 306 g/mol. The second kappa shape index (κ2) is 6.86. The van der Waals surface area contributed by atoms with E-state index >= 15 is 0 Å². The summed E-state index contributed by atoms with van der Waals surface area (Å²) in [5.74, 6) is 0. The molecule has 0 spiro atoms. The van der Waals surface area contributed by atoms with E-state index in [1.807, 2.05) is 0 Å². The van der Waals surface area contributed by atoms with E-state index in [0.717, 1.165) is 19.6 Å². The van der Waals surface area contributed by atoms with Gasteiger partial charge in [-0.1, -0.05) is 67.4 Å². The summed E-state index contributed by atoms with van der Waals surface area (Å²) in [6, 6.07) is 21.0. The average Bonchev–Trinajstić information content (AvgIpc) is 3.05. The van der Waals surface area contributed by atoms with E-state index in [2.05, 4.69) is 64.8 Å². The number of nitrogens with one attached hydrogen (secondary N) is 1. The summed E-state index contributed by atoms with van der Waals surface area (Å²) in [5, 5.41) is 3.85. The standard InChI is InChI=1S/C21H26N2/c1-2-8-17(9-3-1)14-22-20-12-6-7-13-21(20)23-15-18-10-4-5-11-19(18)16-23/h1-5,8-11,20-22H,6-7,12-16H2/t20-,21-/m1/s1. The molecule has 1 N–H and O–H groups in total. The molecule has 1 aliphatic heterocycles. The summed E-state index contributed by atoms with van der Waals surface area (Å²) in [6.45, 7) is 3.25. The van der Waals surface area contributed by atoms with Crippen LogP contribution in [0.4, 0.5) is 0 Å². The lowest BCUT2D eigenvalue weighted by Gasteiger charge is -2.38. The van der Waals surface area contributed by atoms with E-state index in [1.165, 1.54) is 42.4 Å². The molecule has 1 fully saturated rings. The van der Waals surface area contributed by atoms with Crippen molar-refractivity contribution in [3.8, 4) is 0 Å². The van der Waals surface area contributed by atoms with Gasteiger partial charge in [-0.05, 0) is 29.5 Å². The van der Waals surface area contributed by atoms with E-state index < -0.39 is 0 Å². The molecule has 0 aromatic heterocycles. The molecule has 1 heterocycles. The van der Waals surface area contributed by atoms with Gasteiger partial charge < -0.3 is 5.32 Å². The van der Waals surface area contributed by atoms with Crippen molar-refractivity contribution in [3.63, 3.8) is 0 Å². The number of benzene rings is 2. The third kappa shape index (κ3) is 3.34. The largest absolute Gasteiger partial charge is 0.308 e. The van der Waals surface area contributed by atoms with Crippen LogP contribution in [0.3, 0.4) is 0 Å². The molecular weight excluding hydrogens is 280 g/mol. The van der Waals surface area contributed by atoms with Gasteiger partial charge in [-0.3, -0.25) is 4.90 Å². The maximum atomic E-state index is 3.85. The van der Waals surface area contributed by atoms with Crippen LogP contribution in [0.5, 0.6) is 0 Å². The molecule has 0 bridgehead atoms. The molecule has 0 radical (unpaired) electrons. The molecule has 2 heteroatoms. The van der Waals surface area contributed by atoms with Crippen LogP contribution >= 0.6 is 0 Å². The minimum absolute atomic E-state index is 0.623. The van der Waals surface area contributed by atoms with Crippen LogP contribution in [0.2, 0.25) is 0 Å². The fourth-order valence-corrected chi connectivity index (χ4v) is 4.23. The predicted octanol–water partition coefficient (Wildman–Crippen LogP) is 4.10. The van der Waals surface area contributed by atoms with Crippen molar-refractivity contribution in [1.29, 1.82) is 0 Å². The first kappa shape index (κ1) is 14.9. The maximum absolute atomic E-state index is 3.85. The van der Waals surface area contributed by atoms with Gasteiger partial charge in [0.2, 0.25) is 0 Å². The fourth-order valence-electron chi connectivity index (χ4n) is 4.23. The Morgan fingerprint density at radius 1 is 0.826 bits per heavy atom. The number of rotatable bonds is 4. The Hall–Kier alpha value is -1.64.